The molecule has 2 heterocycles. The van der Waals surface area contributed by atoms with Crippen LogP contribution in [0.3, 0.4) is 0 Å². The van der Waals surface area contributed by atoms with Crippen LogP contribution in [0.4, 0.5) is 0 Å². The molecule has 0 aromatic heterocycles. The second kappa shape index (κ2) is 7.78. The van der Waals surface area contributed by atoms with Gasteiger partial charge in [0.25, 0.3) is 0 Å². The van der Waals surface area contributed by atoms with Crippen molar-refractivity contribution >= 4 is 11.8 Å². The lowest BCUT2D eigenvalue weighted by molar-refractivity contribution is -0.142. The molecule has 0 bridgehead atoms. The summed E-state index contributed by atoms with van der Waals surface area (Å²) in [5.41, 5.74) is 5.42. The Hall–Kier alpha value is -1.10. The third kappa shape index (κ3) is 4.19. The zero-order valence-corrected chi connectivity index (χ0v) is 13.2. The molecule has 2 saturated heterocycles. The molecular formula is C16H29N3O2. The number of hydrogen-bond acceptors (Lipinski definition) is 3. The van der Waals surface area contributed by atoms with Crippen molar-refractivity contribution in [2.75, 3.05) is 26.2 Å². The minimum absolute atomic E-state index is 0.0455. The van der Waals surface area contributed by atoms with Crippen molar-refractivity contribution in [3.63, 3.8) is 0 Å². The molecule has 21 heavy (non-hydrogen) atoms. The maximum atomic E-state index is 12.5. The summed E-state index contributed by atoms with van der Waals surface area (Å²) in [4.78, 5) is 28.4. The van der Waals surface area contributed by atoms with Crippen LogP contribution in [-0.4, -0.2) is 53.8 Å². The third-order valence-electron chi connectivity index (χ3n) is 4.92. The smallest absolute Gasteiger partial charge is 0.235 e. The fraction of sp³-hybridized carbons (Fsp3) is 0.875. The first kappa shape index (κ1) is 16.3. The van der Waals surface area contributed by atoms with Crippen molar-refractivity contribution in [1.29, 1.82) is 0 Å². The second-order valence-corrected chi connectivity index (χ2v) is 6.40. The molecule has 0 aromatic rings. The summed E-state index contributed by atoms with van der Waals surface area (Å²) >= 11 is 0. The summed E-state index contributed by atoms with van der Waals surface area (Å²) < 4.78 is 0. The number of carbonyl (C=O) groups is 2. The van der Waals surface area contributed by atoms with Crippen LogP contribution in [-0.2, 0) is 9.59 Å². The van der Waals surface area contributed by atoms with Gasteiger partial charge in [0, 0.05) is 19.1 Å². The van der Waals surface area contributed by atoms with Gasteiger partial charge in [-0.2, -0.15) is 0 Å². The van der Waals surface area contributed by atoms with Crippen LogP contribution < -0.4 is 5.73 Å². The van der Waals surface area contributed by atoms with E-state index in [4.69, 9.17) is 5.73 Å². The molecule has 2 aliphatic heterocycles. The Morgan fingerprint density at radius 1 is 1.14 bits per heavy atom. The molecule has 5 heteroatoms. The number of hydrogen-bond donors (Lipinski definition) is 1. The quantitative estimate of drug-likeness (QED) is 0.753. The van der Waals surface area contributed by atoms with E-state index in [1.165, 1.54) is 25.9 Å². The van der Waals surface area contributed by atoms with Gasteiger partial charge in [0.2, 0.25) is 11.8 Å². The van der Waals surface area contributed by atoms with E-state index in [2.05, 4.69) is 11.8 Å². The summed E-state index contributed by atoms with van der Waals surface area (Å²) in [6.45, 7) is 6.02. The molecular weight excluding hydrogens is 266 g/mol. The average molecular weight is 295 g/mol. The van der Waals surface area contributed by atoms with Gasteiger partial charge in [0.15, 0.2) is 0 Å². The zero-order valence-electron chi connectivity index (χ0n) is 13.2. The van der Waals surface area contributed by atoms with E-state index < -0.39 is 11.8 Å². The Morgan fingerprint density at radius 2 is 1.76 bits per heavy atom. The Bertz CT molecular complexity index is 359. The fourth-order valence-electron chi connectivity index (χ4n) is 3.57. The van der Waals surface area contributed by atoms with E-state index in [9.17, 15) is 9.59 Å². The number of rotatable bonds is 6. The van der Waals surface area contributed by atoms with E-state index in [1.54, 1.807) is 0 Å². The lowest BCUT2D eigenvalue weighted by Gasteiger charge is -2.37. The van der Waals surface area contributed by atoms with Crippen molar-refractivity contribution in [1.82, 2.24) is 9.80 Å². The zero-order chi connectivity index (χ0) is 15.2. The molecule has 1 atom stereocenters. The number of likely N-dealkylation sites (tertiary alicyclic amines) is 2. The van der Waals surface area contributed by atoms with Gasteiger partial charge in [-0.05, 0) is 45.2 Å². The number of nitrogens with zero attached hydrogens (tertiary/aromatic N) is 2. The van der Waals surface area contributed by atoms with E-state index >= 15 is 0 Å². The largest absolute Gasteiger partial charge is 0.369 e. The maximum absolute atomic E-state index is 12.5. The molecule has 0 spiro atoms. The first-order chi connectivity index (χ1) is 10.1. The fourth-order valence-corrected chi connectivity index (χ4v) is 3.57. The maximum Gasteiger partial charge on any atom is 0.235 e. The highest BCUT2D eigenvalue weighted by atomic mass is 16.2. The van der Waals surface area contributed by atoms with Gasteiger partial charge >= 0.3 is 0 Å². The Labute approximate surface area is 127 Å². The van der Waals surface area contributed by atoms with E-state index in [0.717, 1.165) is 38.8 Å². The van der Waals surface area contributed by atoms with Crippen molar-refractivity contribution in [2.45, 2.75) is 57.9 Å². The molecule has 0 aliphatic carbocycles. The summed E-state index contributed by atoms with van der Waals surface area (Å²) in [6, 6.07) is 0.624. The van der Waals surface area contributed by atoms with Crippen molar-refractivity contribution in [3.8, 4) is 0 Å². The van der Waals surface area contributed by atoms with Crippen LogP contribution >= 0.6 is 0 Å². The topological polar surface area (TPSA) is 66.6 Å². The summed E-state index contributed by atoms with van der Waals surface area (Å²) in [5.74, 6) is -1.13. The summed E-state index contributed by atoms with van der Waals surface area (Å²) in [7, 11) is 0. The van der Waals surface area contributed by atoms with Crippen LogP contribution in [0.5, 0.6) is 0 Å². The number of amides is 2. The van der Waals surface area contributed by atoms with Crippen LogP contribution in [0.2, 0.25) is 0 Å². The predicted octanol–water partition coefficient (Wildman–Crippen LogP) is 1.36. The van der Waals surface area contributed by atoms with Crippen LogP contribution in [0, 0.1) is 5.92 Å². The summed E-state index contributed by atoms with van der Waals surface area (Å²) in [6.07, 6.45) is 7.13. The molecule has 5 nitrogen and oxygen atoms in total. The lowest BCUT2D eigenvalue weighted by atomic mass is 9.97. The van der Waals surface area contributed by atoms with Crippen molar-refractivity contribution in [3.05, 3.63) is 0 Å². The minimum atomic E-state index is -0.617. The highest BCUT2D eigenvalue weighted by Crippen LogP contribution is 2.23. The van der Waals surface area contributed by atoms with Crippen LogP contribution in [0.1, 0.15) is 51.9 Å². The molecule has 0 radical (unpaired) electrons. The van der Waals surface area contributed by atoms with Crippen LogP contribution in [0.25, 0.3) is 0 Å². The molecule has 0 unspecified atom stereocenters. The first-order valence-electron chi connectivity index (χ1n) is 8.45. The number of piperidine rings is 1. The van der Waals surface area contributed by atoms with E-state index in [0.29, 0.717) is 12.5 Å². The SMILES string of the molecule is CCCC[C@H](C(N)=O)C(=O)N1CCC(N2CCCC2)CC1. The molecule has 0 aromatic carbocycles. The van der Waals surface area contributed by atoms with Gasteiger partial charge < -0.3 is 15.5 Å². The van der Waals surface area contributed by atoms with Crippen LogP contribution in [0.15, 0.2) is 0 Å². The highest BCUT2D eigenvalue weighted by molar-refractivity contribution is 5.99. The van der Waals surface area contributed by atoms with Gasteiger partial charge in [-0.1, -0.05) is 19.8 Å². The van der Waals surface area contributed by atoms with Gasteiger partial charge in [-0.25, -0.2) is 0 Å². The molecule has 2 rings (SSSR count). The highest BCUT2D eigenvalue weighted by Gasteiger charge is 2.33. The van der Waals surface area contributed by atoms with E-state index in [1.807, 2.05) is 4.90 Å². The third-order valence-corrected chi connectivity index (χ3v) is 4.92. The normalized spacial score (nSPS) is 22.4. The molecule has 120 valence electrons. The molecule has 0 saturated carbocycles. The number of unbranched alkanes of at least 4 members (excludes halogenated alkanes) is 1. The van der Waals surface area contributed by atoms with Gasteiger partial charge in [0.05, 0.1) is 0 Å². The summed E-state index contributed by atoms with van der Waals surface area (Å²) in [5, 5.41) is 0. The van der Waals surface area contributed by atoms with Gasteiger partial charge in [-0.3, -0.25) is 9.59 Å². The number of primary amides is 1. The number of nitrogens with two attached hydrogens (primary N) is 1. The Kier molecular flexibility index (Phi) is 6.03. The lowest BCUT2D eigenvalue weighted by Crippen LogP contribution is -2.49. The Balaban J connectivity index is 1.84. The van der Waals surface area contributed by atoms with E-state index in [-0.39, 0.29) is 5.91 Å². The molecule has 2 amide bonds. The van der Waals surface area contributed by atoms with Gasteiger partial charge in [-0.15, -0.1) is 0 Å². The standard InChI is InChI=1S/C16H29N3O2/c1-2-3-6-14(15(17)20)16(21)19-11-7-13(8-12-19)18-9-4-5-10-18/h13-14H,2-12H2,1H3,(H2,17,20)/t14-/m1/s1. The van der Waals surface area contributed by atoms with Crippen molar-refractivity contribution in [2.24, 2.45) is 11.7 Å². The monoisotopic (exact) mass is 295 g/mol. The minimum Gasteiger partial charge on any atom is -0.369 e. The molecule has 2 aliphatic rings. The molecule has 2 fully saturated rings. The molecule has 2 N–H and O–H groups in total. The predicted molar refractivity (Wildman–Crippen MR) is 82.6 cm³/mol. The average Bonchev–Trinajstić information content (AvgIpc) is 3.01. The van der Waals surface area contributed by atoms with Crippen molar-refractivity contribution < 1.29 is 9.59 Å². The number of carbonyl (C=O) groups excluding carboxylic acids is 2. The first-order valence-corrected chi connectivity index (χ1v) is 8.45. The second-order valence-electron chi connectivity index (χ2n) is 6.40. The Morgan fingerprint density at radius 3 is 2.29 bits per heavy atom. The van der Waals surface area contributed by atoms with Gasteiger partial charge in [0.1, 0.15) is 5.92 Å².